The number of rotatable bonds is 1. The van der Waals surface area contributed by atoms with Gasteiger partial charge >= 0.3 is 0 Å². The molecule has 0 bridgehead atoms. The van der Waals surface area contributed by atoms with Gasteiger partial charge in [0.2, 0.25) is 0 Å². The van der Waals surface area contributed by atoms with Gasteiger partial charge in [0, 0.05) is 18.1 Å². The van der Waals surface area contributed by atoms with Crippen LogP contribution in [0.4, 0.5) is 0 Å². The van der Waals surface area contributed by atoms with Crippen molar-refractivity contribution in [3.8, 4) is 16.9 Å². The fraction of sp³-hybridized carbons (Fsp3) is 0.294. The quantitative estimate of drug-likeness (QED) is 0.876. The number of phenolic OH excluding ortho intramolecular Hbond substituents is 1. The summed E-state index contributed by atoms with van der Waals surface area (Å²) in [6, 6.07) is 11.9. The van der Waals surface area contributed by atoms with Gasteiger partial charge in [0.15, 0.2) is 0 Å². The third-order valence-electron chi connectivity index (χ3n) is 4.34. The predicted molar refractivity (Wildman–Crippen MR) is 82.8 cm³/mol. The highest BCUT2D eigenvalue weighted by Crippen LogP contribution is 2.48. The van der Waals surface area contributed by atoms with E-state index >= 15 is 0 Å². The first kappa shape index (κ1) is 13.1. The van der Waals surface area contributed by atoms with E-state index in [1.165, 1.54) is 11.1 Å². The van der Waals surface area contributed by atoms with Gasteiger partial charge in [-0.05, 0) is 46.5 Å². The minimum atomic E-state index is 0.233. The van der Waals surface area contributed by atoms with Gasteiger partial charge in [-0.2, -0.15) is 0 Å². The third-order valence-corrected chi connectivity index (χ3v) is 4.58. The molecule has 4 rings (SSSR count). The molecule has 0 saturated carbocycles. The van der Waals surface area contributed by atoms with Crippen LogP contribution < -0.4 is 0 Å². The van der Waals surface area contributed by atoms with E-state index in [2.05, 4.69) is 11.0 Å². The molecule has 4 heteroatoms. The summed E-state index contributed by atoms with van der Waals surface area (Å²) in [4.78, 5) is 2.44. The van der Waals surface area contributed by atoms with Crippen molar-refractivity contribution in [2.75, 3.05) is 26.3 Å². The van der Waals surface area contributed by atoms with E-state index in [1.54, 1.807) is 6.07 Å². The summed E-state index contributed by atoms with van der Waals surface area (Å²) in [6.07, 6.45) is 0. The number of halogens is 1. The molecule has 3 nitrogen and oxygen atoms in total. The van der Waals surface area contributed by atoms with Crippen molar-refractivity contribution in [3.05, 3.63) is 52.5 Å². The second-order valence-electron chi connectivity index (χ2n) is 5.55. The van der Waals surface area contributed by atoms with Crippen LogP contribution in [-0.2, 0) is 4.74 Å². The Morgan fingerprint density at radius 1 is 1.00 bits per heavy atom. The zero-order valence-electron chi connectivity index (χ0n) is 11.6. The van der Waals surface area contributed by atoms with E-state index < -0.39 is 0 Å². The number of nitrogens with zero attached hydrogens (tertiary/aromatic N) is 1. The fourth-order valence-corrected chi connectivity index (χ4v) is 3.58. The summed E-state index contributed by atoms with van der Waals surface area (Å²) in [5.41, 5.74) is 4.72. The van der Waals surface area contributed by atoms with Gasteiger partial charge in [0.25, 0.3) is 0 Å². The minimum Gasteiger partial charge on any atom is -0.508 e. The lowest BCUT2D eigenvalue weighted by molar-refractivity contribution is 0.0247. The summed E-state index contributed by atoms with van der Waals surface area (Å²) < 4.78 is 5.47. The molecule has 1 aliphatic carbocycles. The molecule has 0 amide bonds. The number of aromatic hydroxyl groups is 1. The maximum Gasteiger partial charge on any atom is 0.116 e. The average molecular weight is 302 g/mol. The van der Waals surface area contributed by atoms with E-state index in [4.69, 9.17) is 16.3 Å². The minimum absolute atomic E-state index is 0.233. The molecule has 1 aliphatic heterocycles. The van der Waals surface area contributed by atoms with Crippen molar-refractivity contribution >= 4 is 11.6 Å². The van der Waals surface area contributed by atoms with Gasteiger partial charge in [0.05, 0.1) is 19.3 Å². The largest absolute Gasteiger partial charge is 0.508 e. The lowest BCUT2D eigenvalue weighted by Crippen LogP contribution is -2.38. The highest BCUT2D eigenvalue weighted by molar-refractivity contribution is 6.31. The van der Waals surface area contributed by atoms with Crippen LogP contribution in [0.1, 0.15) is 17.2 Å². The maximum absolute atomic E-state index is 9.82. The van der Waals surface area contributed by atoms with Crippen LogP contribution in [0.3, 0.4) is 0 Å². The van der Waals surface area contributed by atoms with Gasteiger partial charge in [0.1, 0.15) is 5.75 Å². The van der Waals surface area contributed by atoms with Crippen LogP contribution in [0.15, 0.2) is 36.4 Å². The summed E-state index contributed by atoms with van der Waals surface area (Å²) in [5, 5.41) is 10.5. The number of hydrogen-bond acceptors (Lipinski definition) is 3. The molecule has 1 heterocycles. The molecule has 21 heavy (non-hydrogen) atoms. The van der Waals surface area contributed by atoms with Crippen molar-refractivity contribution in [1.29, 1.82) is 0 Å². The lowest BCUT2D eigenvalue weighted by Gasteiger charge is -2.33. The molecule has 2 aliphatic rings. The van der Waals surface area contributed by atoms with Gasteiger partial charge in [-0.1, -0.05) is 23.7 Å². The molecule has 1 N–H and O–H groups in total. The number of hydrogen-bond donors (Lipinski definition) is 1. The maximum atomic E-state index is 9.82. The topological polar surface area (TPSA) is 32.7 Å². The number of morpholine rings is 1. The molecule has 2 aromatic rings. The van der Waals surface area contributed by atoms with E-state index in [9.17, 15) is 5.11 Å². The predicted octanol–water partition coefficient (Wildman–Crippen LogP) is 3.45. The molecule has 0 aromatic heterocycles. The monoisotopic (exact) mass is 301 g/mol. The first-order valence-electron chi connectivity index (χ1n) is 7.18. The smallest absolute Gasteiger partial charge is 0.116 e. The van der Waals surface area contributed by atoms with Crippen LogP contribution in [0.25, 0.3) is 11.1 Å². The zero-order valence-corrected chi connectivity index (χ0v) is 12.3. The molecule has 0 radical (unpaired) electrons. The number of benzene rings is 2. The van der Waals surface area contributed by atoms with Crippen molar-refractivity contribution in [1.82, 2.24) is 4.90 Å². The van der Waals surface area contributed by atoms with Crippen LogP contribution in [0, 0.1) is 0 Å². The highest BCUT2D eigenvalue weighted by Gasteiger charge is 2.34. The van der Waals surface area contributed by atoms with Crippen LogP contribution in [0.5, 0.6) is 5.75 Å². The van der Waals surface area contributed by atoms with Crippen LogP contribution >= 0.6 is 11.6 Å². The van der Waals surface area contributed by atoms with Crippen molar-refractivity contribution in [3.63, 3.8) is 0 Å². The van der Waals surface area contributed by atoms with E-state index in [-0.39, 0.29) is 6.04 Å². The Labute approximate surface area is 128 Å². The van der Waals surface area contributed by atoms with Gasteiger partial charge < -0.3 is 9.84 Å². The summed E-state index contributed by atoms with van der Waals surface area (Å²) >= 11 is 6.17. The Balaban J connectivity index is 1.88. The third kappa shape index (κ3) is 2.13. The Morgan fingerprint density at radius 2 is 1.67 bits per heavy atom. The van der Waals surface area contributed by atoms with Crippen molar-refractivity contribution < 1.29 is 9.84 Å². The van der Waals surface area contributed by atoms with E-state index in [0.717, 1.165) is 42.5 Å². The molecule has 1 unspecified atom stereocenters. The number of phenols is 1. The van der Waals surface area contributed by atoms with Crippen molar-refractivity contribution in [2.24, 2.45) is 0 Å². The molecule has 1 saturated heterocycles. The normalized spacial score (nSPS) is 21.1. The Hall–Kier alpha value is -1.55. The average Bonchev–Trinajstić information content (AvgIpc) is 2.81. The molecule has 2 aromatic carbocycles. The molecule has 1 atom stereocenters. The lowest BCUT2D eigenvalue weighted by atomic mass is 10.0. The highest BCUT2D eigenvalue weighted by atomic mass is 35.5. The molecule has 108 valence electrons. The molecular formula is C17H16ClNO2. The second-order valence-corrected chi connectivity index (χ2v) is 5.99. The first-order valence-corrected chi connectivity index (χ1v) is 7.56. The van der Waals surface area contributed by atoms with Crippen LogP contribution in [0.2, 0.25) is 5.02 Å². The summed E-state index contributed by atoms with van der Waals surface area (Å²) in [6.45, 7) is 3.39. The SMILES string of the molecule is Oc1ccc2c(c1)-c1cc(Cl)ccc1C2N1CCOCC1. The van der Waals surface area contributed by atoms with Crippen LogP contribution in [-0.4, -0.2) is 36.3 Å². The molecule has 0 spiro atoms. The van der Waals surface area contributed by atoms with Crippen molar-refractivity contribution in [2.45, 2.75) is 6.04 Å². The zero-order chi connectivity index (χ0) is 14.4. The Kier molecular flexibility index (Phi) is 3.14. The van der Waals surface area contributed by atoms with Gasteiger partial charge in [-0.15, -0.1) is 0 Å². The first-order chi connectivity index (χ1) is 10.2. The number of fused-ring (bicyclic) bond motifs is 3. The summed E-state index contributed by atoms with van der Waals surface area (Å²) in [7, 11) is 0. The van der Waals surface area contributed by atoms with Gasteiger partial charge in [-0.3, -0.25) is 4.90 Å². The molecule has 1 fully saturated rings. The molecular weight excluding hydrogens is 286 g/mol. The van der Waals surface area contributed by atoms with Gasteiger partial charge in [-0.25, -0.2) is 0 Å². The standard InChI is InChI=1S/C17H16ClNO2/c18-11-1-3-13-15(9-11)16-10-12(20)2-4-14(16)17(13)19-5-7-21-8-6-19/h1-4,9-10,17,20H,5-8H2. The van der Waals surface area contributed by atoms with E-state index in [1.807, 2.05) is 24.3 Å². The second kappa shape index (κ2) is 5.02. The Morgan fingerprint density at radius 3 is 2.43 bits per heavy atom. The Bertz CT molecular complexity index is 644. The van der Waals surface area contributed by atoms with E-state index in [0.29, 0.717) is 5.75 Å². The summed E-state index contributed by atoms with van der Waals surface area (Å²) in [5.74, 6) is 0.294. The fourth-order valence-electron chi connectivity index (χ4n) is 3.41. The number of ether oxygens (including phenoxy) is 1.